The molecule has 2 N–H and O–H groups in total. The summed E-state index contributed by atoms with van der Waals surface area (Å²) in [5.41, 5.74) is -5.10. The minimum atomic E-state index is -5.00. The first-order chi connectivity index (χ1) is 23.6. The average Bonchev–Trinajstić information content (AvgIpc) is 3.78. The summed E-state index contributed by atoms with van der Waals surface area (Å²) in [6, 6.07) is 7.63. The van der Waals surface area contributed by atoms with Crippen LogP contribution in [-0.2, 0) is 17.1 Å². The van der Waals surface area contributed by atoms with Gasteiger partial charge in [-0.1, -0.05) is 10.4 Å². The molecule has 1 amide bonds. The van der Waals surface area contributed by atoms with Gasteiger partial charge < -0.3 is 19.8 Å². The number of carbonyl (C=O) groups is 3. The molecular weight excluding hydrogens is 682 g/mol. The van der Waals surface area contributed by atoms with Crippen LogP contribution < -0.4 is 0 Å². The van der Waals surface area contributed by atoms with Gasteiger partial charge in [-0.15, -0.1) is 10.2 Å². The van der Waals surface area contributed by atoms with E-state index in [9.17, 15) is 50.9 Å². The van der Waals surface area contributed by atoms with Gasteiger partial charge in [-0.25, -0.2) is 23.9 Å². The molecule has 0 unspecified atom stereocenters. The standard InChI is InChI=1S/C30H20F6N8O6/c31-29(32,33)20-11-16(1-3-18(20)27(46)47)43-13-24(38-40-43)22-9-15(26(45)42-5-7-50-8-6-42)10-23(37-22)25-14-44(41-39-25)17-2-4-19(28(48)49)21(12-17)30(34,35)36/h1-4,9-14H,5-8H2,(H,46,47)(H,48,49). The summed E-state index contributed by atoms with van der Waals surface area (Å²) >= 11 is 0. The molecule has 4 heterocycles. The molecule has 2 aromatic carbocycles. The maximum Gasteiger partial charge on any atom is 0.417 e. The predicted molar refractivity (Wildman–Crippen MR) is 156 cm³/mol. The molecule has 3 aromatic heterocycles. The Morgan fingerprint density at radius 1 is 0.660 bits per heavy atom. The molecule has 50 heavy (non-hydrogen) atoms. The van der Waals surface area contributed by atoms with Crippen molar-refractivity contribution >= 4 is 17.8 Å². The van der Waals surface area contributed by atoms with Gasteiger partial charge in [0.05, 0.1) is 70.6 Å². The van der Waals surface area contributed by atoms with Crippen LogP contribution >= 0.6 is 0 Å². The van der Waals surface area contributed by atoms with Crippen LogP contribution in [0.15, 0.2) is 60.9 Å². The lowest BCUT2D eigenvalue weighted by molar-refractivity contribution is -0.138. The first kappa shape index (κ1) is 33.7. The van der Waals surface area contributed by atoms with E-state index in [1.807, 2.05) is 0 Å². The van der Waals surface area contributed by atoms with E-state index in [1.54, 1.807) is 0 Å². The number of rotatable bonds is 7. The number of morpholine rings is 1. The first-order valence-electron chi connectivity index (χ1n) is 14.2. The smallest absolute Gasteiger partial charge is 0.417 e. The Balaban J connectivity index is 1.41. The lowest BCUT2D eigenvalue weighted by Crippen LogP contribution is -2.40. The second-order valence-electron chi connectivity index (χ2n) is 10.7. The second-order valence-corrected chi connectivity index (χ2v) is 10.7. The monoisotopic (exact) mass is 702 g/mol. The van der Waals surface area contributed by atoms with Gasteiger partial charge in [0.2, 0.25) is 0 Å². The number of carboxylic acids is 2. The van der Waals surface area contributed by atoms with Crippen LogP contribution in [0, 0.1) is 0 Å². The van der Waals surface area contributed by atoms with Crippen LogP contribution in [0.3, 0.4) is 0 Å². The summed E-state index contributed by atoms with van der Waals surface area (Å²) in [4.78, 5) is 42.2. The molecule has 0 radical (unpaired) electrons. The van der Waals surface area contributed by atoms with E-state index >= 15 is 0 Å². The van der Waals surface area contributed by atoms with Crippen LogP contribution in [0.1, 0.15) is 42.2 Å². The Morgan fingerprint density at radius 3 is 1.50 bits per heavy atom. The number of amides is 1. The van der Waals surface area contributed by atoms with Gasteiger partial charge >= 0.3 is 24.3 Å². The Morgan fingerprint density at radius 2 is 1.10 bits per heavy atom. The molecule has 0 spiro atoms. The number of pyridine rings is 1. The minimum Gasteiger partial charge on any atom is -0.478 e. The number of hydrogen-bond donors (Lipinski definition) is 2. The summed E-state index contributed by atoms with van der Waals surface area (Å²) in [6.07, 6.45) is -7.60. The number of ether oxygens (including phenoxy) is 1. The predicted octanol–water partition coefficient (Wildman–Crippen LogP) is 4.48. The highest BCUT2D eigenvalue weighted by molar-refractivity contribution is 5.96. The quantitative estimate of drug-likeness (QED) is 0.229. The number of hydrogen-bond acceptors (Lipinski definition) is 9. The van der Waals surface area contributed by atoms with Crippen molar-refractivity contribution in [1.29, 1.82) is 0 Å². The highest BCUT2D eigenvalue weighted by Crippen LogP contribution is 2.35. The number of carbonyl (C=O) groups excluding carboxylic acids is 1. The number of alkyl halides is 6. The Hall–Kier alpha value is -6.18. The molecule has 6 rings (SSSR count). The molecule has 1 aliphatic rings. The summed E-state index contributed by atoms with van der Waals surface area (Å²) < 4.78 is 89.0. The lowest BCUT2D eigenvalue weighted by Gasteiger charge is -2.27. The lowest BCUT2D eigenvalue weighted by atomic mass is 10.1. The summed E-state index contributed by atoms with van der Waals surface area (Å²) in [6.45, 7) is 1.08. The number of aromatic nitrogens is 7. The van der Waals surface area contributed by atoms with Crippen molar-refractivity contribution in [1.82, 2.24) is 39.9 Å². The van der Waals surface area contributed by atoms with Gasteiger partial charge in [-0.3, -0.25) is 4.79 Å². The minimum absolute atomic E-state index is 0.00304. The van der Waals surface area contributed by atoms with Crippen molar-refractivity contribution in [2.24, 2.45) is 0 Å². The zero-order valence-corrected chi connectivity index (χ0v) is 25.0. The molecule has 1 saturated heterocycles. The molecule has 20 heteroatoms. The molecule has 0 saturated carbocycles. The third-order valence-electron chi connectivity index (χ3n) is 7.49. The number of benzene rings is 2. The van der Waals surface area contributed by atoms with E-state index in [4.69, 9.17) is 4.74 Å². The van der Waals surface area contributed by atoms with Crippen molar-refractivity contribution < 1.29 is 55.7 Å². The molecule has 258 valence electrons. The number of carboxylic acid groups (broad SMARTS) is 2. The number of nitrogens with zero attached hydrogens (tertiary/aromatic N) is 8. The van der Waals surface area contributed by atoms with Crippen LogP contribution in [0.25, 0.3) is 34.2 Å². The fraction of sp³-hybridized carbons (Fsp3) is 0.200. The third-order valence-corrected chi connectivity index (χ3v) is 7.49. The van der Waals surface area contributed by atoms with Gasteiger partial charge in [0, 0.05) is 18.7 Å². The molecule has 1 fully saturated rings. The van der Waals surface area contributed by atoms with Crippen molar-refractivity contribution in [3.05, 3.63) is 88.7 Å². The normalized spacial score (nSPS) is 13.8. The highest BCUT2D eigenvalue weighted by atomic mass is 19.4. The summed E-state index contributed by atoms with van der Waals surface area (Å²) in [5, 5.41) is 34.1. The fourth-order valence-corrected chi connectivity index (χ4v) is 5.07. The number of halogens is 6. The first-order valence-corrected chi connectivity index (χ1v) is 14.2. The van der Waals surface area contributed by atoms with Crippen LogP contribution in [-0.4, -0.2) is 94.2 Å². The summed E-state index contributed by atoms with van der Waals surface area (Å²) in [7, 11) is 0. The third kappa shape index (κ3) is 6.72. The maximum atomic E-state index is 13.6. The van der Waals surface area contributed by atoms with Crippen molar-refractivity contribution in [3.8, 4) is 34.2 Å². The summed E-state index contributed by atoms with van der Waals surface area (Å²) in [5.74, 6) is -4.01. The largest absolute Gasteiger partial charge is 0.478 e. The van der Waals surface area contributed by atoms with Crippen molar-refractivity contribution in [2.45, 2.75) is 12.4 Å². The van der Waals surface area contributed by atoms with Gasteiger partial charge in [0.1, 0.15) is 11.4 Å². The van der Waals surface area contributed by atoms with E-state index in [0.29, 0.717) is 12.1 Å². The second kappa shape index (κ2) is 12.7. The van der Waals surface area contributed by atoms with Crippen LogP contribution in [0.2, 0.25) is 0 Å². The Bertz CT molecular complexity index is 2010. The zero-order chi connectivity index (χ0) is 36.0. The number of aromatic carboxylic acids is 2. The molecular formula is C30H20F6N8O6. The maximum absolute atomic E-state index is 13.6. The molecule has 5 aromatic rings. The van der Waals surface area contributed by atoms with Gasteiger partial charge in [0.15, 0.2) is 0 Å². The Labute approximate surface area is 275 Å². The SMILES string of the molecule is O=C(O)c1ccc(-n2cc(-c3cc(C(=O)N4CCOCC4)cc(-c4cn(-c5ccc(C(=O)O)c(C(F)(F)F)c5)nn4)n3)nn2)cc1C(F)(F)F. The topological polar surface area (TPSA) is 178 Å². The van der Waals surface area contributed by atoms with E-state index < -0.39 is 52.5 Å². The van der Waals surface area contributed by atoms with Crippen LogP contribution in [0.5, 0.6) is 0 Å². The van der Waals surface area contributed by atoms with Gasteiger partial charge in [-0.2, -0.15) is 26.3 Å². The van der Waals surface area contributed by atoms with E-state index in [2.05, 4.69) is 25.6 Å². The van der Waals surface area contributed by atoms with Crippen molar-refractivity contribution in [3.63, 3.8) is 0 Å². The van der Waals surface area contributed by atoms with E-state index in [1.165, 1.54) is 29.4 Å². The molecule has 14 nitrogen and oxygen atoms in total. The molecule has 0 aliphatic carbocycles. The Kier molecular flexibility index (Phi) is 8.56. The molecule has 0 atom stereocenters. The van der Waals surface area contributed by atoms with Crippen molar-refractivity contribution in [2.75, 3.05) is 26.3 Å². The average molecular weight is 703 g/mol. The molecule has 1 aliphatic heterocycles. The fourth-order valence-electron chi connectivity index (χ4n) is 5.07. The molecule has 0 bridgehead atoms. The van der Waals surface area contributed by atoms with Crippen LogP contribution in [0.4, 0.5) is 26.3 Å². The van der Waals surface area contributed by atoms with E-state index in [-0.39, 0.29) is 66.0 Å². The van der Waals surface area contributed by atoms with Gasteiger partial charge in [-0.05, 0) is 48.5 Å². The van der Waals surface area contributed by atoms with E-state index in [0.717, 1.165) is 33.6 Å². The van der Waals surface area contributed by atoms with Gasteiger partial charge in [0.25, 0.3) is 5.91 Å². The zero-order valence-electron chi connectivity index (χ0n) is 25.0. The highest BCUT2D eigenvalue weighted by Gasteiger charge is 2.37.